The van der Waals surface area contributed by atoms with E-state index in [-0.39, 0.29) is 5.92 Å². The van der Waals surface area contributed by atoms with Gasteiger partial charge in [0.25, 0.3) is 0 Å². The van der Waals surface area contributed by atoms with Crippen molar-refractivity contribution in [2.24, 2.45) is 5.92 Å². The highest BCUT2D eigenvalue weighted by atomic mass is 35.5. The van der Waals surface area contributed by atoms with Gasteiger partial charge < -0.3 is 4.74 Å². The lowest BCUT2D eigenvalue weighted by atomic mass is 10.0. The van der Waals surface area contributed by atoms with Crippen LogP contribution in [-0.2, 0) is 4.79 Å². The molecule has 1 fully saturated rings. The maximum Gasteiger partial charge on any atom is 0.156 e. The number of carbonyl (C=O) groups excluding carboxylic acids is 1. The highest BCUT2D eigenvalue weighted by Gasteiger charge is 2.24. The van der Waals surface area contributed by atoms with Crippen LogP contribution in [0.25, 0.3) is 0 Å². The van der Waals surface area contributed by atoms with E-state index in [9.17, 15) is 4.79 Å². The lowest BCUT2D eigenvalue weighted by Crippen LogP contribution is -2.11. The van der Waals surface area contributed by atoms with Gasteiger partial charge >= 0.3 is 0 Å². The molecule has 0 heterocycles. The average molecular weight is 308 g/mol. The molecule has 1 aliphatic rings. The summed E-state index contributed by atoms with van der Waals surface area (Å²) in [6.45, 7) is 0.442. The number of ether oxygens (including phenoxy) is 1. The van der Waals surface area contributed by atoms with E-state index in [1.807, 2.05) is 0 Å². The molecule has 1 aromatic carbocycles. The number of hydrogen-bond donors (Lipinski definition) is 0. The average Bonchev–Trinajstić information content (AvgIpc) is 2.68. The van der Waals surface area contributed by atoms with Gasteiger partial charge in [0.15, 0.2) is 5.75 Å². The number of ketones is 1. The first-order valence-electron chi connectivity index (χ1n) is 5.88. The minimum atomic E-state index is 0.134. The van der Waals surface area contributed by atoms with E-state index in [0.717, 1.165) is 12.8 Å². The third-order valence-corrected chi connectivity index (χ3v) is 3.89. The van der Waals surface area contributed by atoms with E-state index in [0.29, 0.717) is 46.0 Å². The van der Waals surface area contributed by atoms with Crippen LogP contribution in [0.5, 0.6) is 5.75 Å². The molecule has 0 radical (unpaired) electrons. The minimum absolute atomic E-state index is 0.134. The first kappa shape index (κ1) is 14.0. The lowest BCUT2D eigenvalue weighted by molar-refractivity contribution is -0.120. The molecule has 1 atom stereocenters. The van der Waals surface area contributed by atoms with Crippen molar-refractivity contribution in [3.8, 4) is 5.75 Å². The van der Waals surface area contributed by atoms with Crippen LogP contribution < -0.4 is 4.74 Å². The Morgan fingerprint density at radius 3 is 2.44 bits per heavy atom. The van der Waals surface area contributed by atoms with Gasteiger partial charge in [-0.1, -0.05) is 34.8 Å². The van der Waals surface area contributed by atoms with Crippen LogP contribution in [0.15, 0.2) is 12.1 Å². The number of hydrogen-bond acceptors (Lipinski definition) is 2. The largest absolute Gasteiger partial charge is 0.490 e. The molecule has 0 bridgehead atoms. The summed E-state index contributed by atoms with van der Waals surface area (Å²) < 4.78 is 5.56. The maximum atomic E-state index is 11.5. The van der Waals surface area contributed by atoms with Crippen LogP contribution in [0.2, 0.25) is 15.1 Å². The number of benzene rings is 1. The van der Waals surface area contributed by atoms with Crippen molar-refractivity contribution in [3.05, 3.63) is 27.2 Å². The van der Waals surface area contributed by atoms with Crippen molar-refractivity contribution in [2.45, 2.75) is 25.7 Å². The van der Waals surface area contributed by atoms with Gasteiger partial charge in [-0.2, -0.15) is 0 Å². The summed E-state index contributed by atoms with van der Waals surface area (Å²) in [5.74, 6) is 0.912. The SMILES string of the molecule is O=C1CCCC1CCOc1c(Cl)cc(Cl)cc1Cl. The molecule has 1 unspecified atom stereocenters. The summed E-state index contributed by atoms with van der Waals surface area (Å²) in [5, 5.41) is 1.26. The summed E-state index contributed by atoms with van der Waals surface area (Å²) in [5.41, 5.74) is 0. The molecular formula is C13H13Cl3O2. The molecule has 2 nitrogen and oxygen atoms in total. The molecule has 1 aliphatic carbocycles. The molecule has 1 aromatic rings. The maximum absolute atomic E-state index is 11.5. The molecule has 5 heteroatoms. The van der Waals surface area contributed by atoms with E-state index < -0.39 is 0 Å². The van der Waals surface area contributed by atoms with E-state index in [4.69, 9.17) is 39.5 Å². The Balaban J connectivity index is 1.92. The Morgan fingerprint density at radius 1 is 1.22 bits per heavy atom. The zero-order valence-electron chi connectivity index (χ0n) is 9.72. The minimum Gasteiger partial charge on any atom is -0.490 e. The number of halogens is 3. The molecule has 0 saturated heterocycles. The summed E-state index contributed by atoms with van der Waals surface area (Å²) in [6.07, 6.45) is 3.37. The van der Waals surface area contributed by atoms with Gasteiger partial charge in [0.1, 0.15) is 5.78 Å². The van der Waals surface area contributed by atoms with Crippen LogP contribution in [0.1, 0.15) is 25.7 Å². The van der Waals surface area contributed by atoms with Gasteiger partial charge in [-0.25, -0.2) is 0 Å². The monoisotopic (exact) mass is 306 g/mol. The molecule has 0 N–H and O–H groups in total. The van der Waals surface area contributed by atoms with Crippen molar-refractivity contribution >= 4 is 40.6 Å². The predicted molar refractivity (Wildman–Crippen MR) is 73.9 cm³/mol. The van der Waals surface area contributed by atoms with Gasteiger partial charge in [0.2, 0.25) is 0 Å². The summed E-state index contributed by atoms with van der Waals surface area (Å²) in [7, 11) is 0. The van der Waals surface area contributed by atoms with Crippen LogP contribution in [-0.4, -0.2) is 12.4 Å². The van der Waals surface area contributed by atoms with Crippen LogP contribution in [0.4, 0.5) is 0 Å². The topological polar surface area (TPSA) is 26.3 Å². The van der Waals surface area contributed by atoms with Crippen LogP contribution in [0, 0.1) is 5.92 Å². The van der Waals surface area contributed by atoms with Gasteiger partial charge in [-0.3, -0.25) is 4.79 Å². The van der Waals surface area contributed by atoms with Gasteiger partial charge in [0, 0.05) is 17.4 Å². The second-order valence-corrected chi connectivity index (χ2v) is 5.64. The zero-order valence-corrected chi connectivity index (χ0v) is 12.0. The fourth-order valence-electron chi connectivity index (χ4n) is 2.16. The summed E-state index contributed by atoms with van der Waals surface area (Å²) in [6, 6.07) is 3.18. The van der Waals surface area contributed by atoms with Crippen molar-refractivity contribution in [3.63, 3.8) is 0 Å². The molecule has 1 saturated carbocycles. The van der Waals surface area contributed by atoms with Gasteiger partial charge in [-0.15, -0.1) is 0 Å². The van der Waals surface area contributed by atoms with Gasteiger partial charge in [0.05, 0.1) is 16.7 Å². The quantitative estimate of drug-likeness (QED) is 0.800. The highest BCUT2D eigenvalue weighted by molar-refractivity contribution is 6.40. The molecule has 0 aromatic heterocycles. The van der Waals surface area contributed by atoms with E-state index in [1.165, 1.54) is 0 Å². The first-order chi connectivity index (χ1) is 8.58. The second-order valence-electron chi connectivity index (χ2n) is 4.39. The molecule has 98 valence electrons. The molecule has 0 spiro atoms. The van der Waals surface area contributed by atoms with E-state index in [2.05, 4.69) is 0 Å². The number of Topliss-reactive ketones (excluding diaryl/α,β-unsaturated/α-hetero) is 1. The standard InChI is InChI=1S/C13H13Cl3O2/c14-9-6-10(15)13(11(16)7-9)18-5-4-8-2-1-3-12(8)17/h6-8H,1-5H2. The Bertz CT molecular complexity index is 437. The predicted octanol–water partition coefficient (Wildman–Crippen LogP) is 4.78. The molecule has 0 amide bonds. The smallest absolute Gasteiger partial charge is 0.156 e. The third-order valence-electron chi connectivity index (χ3n) is 3.11. The highest BCUT2D eigenvalue weighted by Crippen LogP contribution is 2.36. The van der Waals surface area contributed by atoms with E-state index >= 15 is 0 Å². The van der Waals surface area contributed by atoms with E-state index in [1.54, 1.807) is 12.1 Å². The number of carbonyl (C=O) groups is 1. The molecular weight excluding hydrogens is 294 g/mol. The van der Waals surface area contributed by atoms with Crippen molar-refractivity contribution < 1.29 is 9.53 Å². The second kappa shape index (κ2) is 6.14. The Kier molecular flexibility index (Phi) is 4.77. The fraction of sp³-hybridized carbons (Fsp3) is 0.462. The van der Waals surface area contributed by atoms with Gasteiger partial charge in [-0.05, 0) is 31.4 Å². The lowest BCUT2D eigenvalue weighted by Gasteiger charge is -2.12. The van der Waals surface area contributed by atoms with Crippen LogP contribution >= 0.6 is 34.8 Å². The normalized spacial score (nSPS) is 19.3. The van der Waals surface area contributed by atoms with Crippen molar-refractivity contribution in [2.75, 3.05) is 6.61 Å². The first-order valence-corrected chi connectivity index (χ1v) is 7.01. The number of rotatable bonds is 4. The fourth-order valence-corrected chi connectivity index (χ4v) is 3.09. The molecule has 0 aliphatic heterocycles. The van der Waals surface area contributed by atoms with Crippen LogP contribution in [0.3, 0.4) is 0 Å². The Morgan fingerprint density at radius 2 is 1.89 bits per heavy atom. The Hall–Kier alpha value is -0.440. The summed E-state index contributed by atoms with van der Waals surface area (Å²) >= 11 is 17.8. The Labute approximate surface area is 121 Å². The molecule has 2 rings (SSSR count). The third kappa shape index (κ3) is 3.31. The zero-order chi connectivity index (χ0) is 13.1. The van der Waals surface area contributed by atoms with Crippen molar-refractivity contribution in [1.82, 2.24) is 0 Å². The van der Waals surface area contributed by atoms with Crippen molar-refractivity contribution in [1.29, 1.82) is 0 Å². The summed E-state index contributed by atoms with van der Waals surface area (Å²) in [4.78, 5) is 11.5. The molecule has 18 heavy (non-hydrogen) atoms.